The van der Waals surface area contributed by atoms with E-state index in [-0.39, 0.29) is 11.0 Å². The van der Waals surface area contributed by atoms with E-state index >= 15 is 0 Å². The summed E-state index contributed by atoms with van der Waals surface area (Å²) in [7, 11) is 0. The summed E-state index contributed by atoms with van der Waals surface area (Å²) in [6.07, 6.45) is 2.95. The molecule has 0 aliphatic carbocycles. The molecule has 2 rings (SSSR count). The SMILES string of the molecule is CCn1nccc1C(=O)N/N=C\c1ccc(F)s1. The second kappa shape index (κ2) is 5.54. The monoisotopic (exact) mass is 266 g/mol. The summed E-state index contributed by atoms with van der Waals surface area (Å²) in [5.74, 6) is -0.345. The van der Waals surface area contributed by atoms with Gasteiger partial charge < -0.3 is 0 Å². The molecule has 0 radical (unpaired) electrons. The van der Waals surface area contributed by atoms with Gasteiger partial charge in [0, 0.05) is 12.7 Å². The van der Waals surface area contributed by atoms with Crippen LogP contribution < -0.4 is 5.43 Å². The van der Waals surface area contributed by atoms with Gasteiger partial charge in [-0.2, -0.15) is 14.6 Å². The lowest BCUT2D eigenvalue weighted by atomic mass is 10.4. The Kier molecular flexibility index (Phi) is 3.83. The lowest BCUT2D eigenvalue weighted by molar-refractivity contribution is 0.0944. The number of aryl methyl sites for hydroxylation is 1. The molecule has 1 N–H and O–H groups in total. The second-order valence-electron chi connectivity index (χ2n) is 3.37. The fraction of sp³-hybridized carbons (Fsp3) is 0.182. The van der Waals surface area contributed by atoms with Gasteiger partial charge in [-0.3, -0.25) is 9.48 Å². The average Bonchev–Trinajstić information content (AvgIpc) is 2.97. The number of nitrogens with one attached hydrogen (secondary N) is 1. The summed E-state index contributed by atoms with van der Waals surface area (Å²) < 4.78 is 14.3. The number of aromatic nitrogens is 2. The van der Waals surface area contributed by atoms with Crippen LogP contribution in [-0.4, -0.2) is 21.9 Å². The number of thiophene rings is 1. The fourth-order valence-electron chi connectivity index (χ4n) is 1.39. The van der Waals surface area contributed by atoms with E-state index in [0.29, 0.717) is 17.1 Å². The van der Waals surface area contributed by atoms with Crippen LogP contribution in [0, 0.1) is 5.13 Å². The summed E-state index contributed by atoms with van der Waals surface area (Å²) in [6, 6.07) is 4.55. The third-order valence-electron chi connectivity index (χ3n) is 2.20. The van der Waals surface area contributed by atoms with Crippen molar-refractivity contribution in [2.24, 2.45) is 5.10 Å². The third kappa shape index (κ3) is 2.80. The lowest BCUT2D eigenvalue weighted by Gasteiger charge is -2.01. The zero-order valence-corrected chi connectivity index (χ0v) is 10.4. The van der Waals surface area contributed by atoms with Gasteiger partial charge in [0.15, 0.2) is 5.13 Å². The summed E-state index contributed by atoms with van der Waals surface area (Å²) in [5.41, 5.74) is 2.81. The molecule has 0 spiro atoms. The minimum Gasteiger partial charge on any atom is -0.266 e. The quantitative estimate of drug-likeness (QED) is 0.678. The van der Waals surface area contributed by atoms with Gasteiger partial charge in [0.05, 0.1) is 11.1 Å². The van der Waals surface area contributed by atoms with Crippen molar-refractivity contribution in [1.82, 2.24) is 15.2 Å². The third-order valence-corrected chi connectivity index (χ3v) is 3.01. The summed E-state index contributed by atoms with van der Waals surface area (Å²) in [4.78, 5) is 12.4. The van der Waals surface area contributed by atoms with Crippen molar-refractivity contribution in [1.29, 1.82) is 0 Å². The summed E-state index contributed by atoms with van der Waals surface area (Å²) >= 11 is 0.960. The van der Waals surface area contributed by atoms with Gasteiger partial charge in [-0.25, -0.2) is 5.43 Å². The largest absolute Gasteiger partial charge is 0.289 e. The first-order chi connectivity index (χ1) is 8.70. The van der Waals surface area contributed by atoms with E-state index < -0.39 is 0 Å². The number of nitrogens with zero attached hydrogens (tertiary/aromatic N) is 3. The van der Waals surface area contributed by atoms with Crippen molar-refractivity contribution in [3.63, 3.8) is 0 Å². The Balaban J connectivity index is 1.98. The normalized spacial score (nSPS) is 11.0. The second-order valence-corrected chi connectivity index (χ2v) is 4.44. The highest BCUT2D eigenvalue weighted by atomic mass is 32.1. The zero-order valence-electron chi connectivity index (χ0n) is 9.63. The van der Waals surface area contributed by atoms with Crippen LogP contribution in [0.25, 0.3) is 0 Å². The van der Waals surface area contributed by atoms with Crippen LogP contribution in [-0.2, 0) is 6.54 Å². The maximum absolute atomic E-state index is 12.7. The maximum atomic E-state index is 12.7. The Morgan fingerprint density at radius 1 is 1.61 bits per heavy atom. The highest BCUT2D eigenvalue weighted by Crippen LogP contribution is 2.11. The van der Waals surface area contributed by atoms with Crippen molar-refractivity contribution in [3.8, 4) is 0 Å². The zero-order chi connectivity index (χ0) is 13.0. The van der Waals surface area contributed by atoms with Crippen LogP contribution in [0.4, 0.5) is 4.39 Å². The van der Waals surface area contributed by atoms with Crippen LogP contribution in [0.3, 0.4) is 0 Å². The first kappa shape index (κ1) is 12.4. The molecule has 2 heterocycles. The molecule has 0 bridgehead atoms. The Bertz CT molecular complexity index is 575. The first-order valence-electron chi connectivity index (χ1n) is 5.31. The number of hydrogen-bond acceptors (Lipinski definition) is 4. The molecule has 0 fully saturated rings. The molecule has 1 amide bonds. The van der Waals surface area contributed by atoms with Crippen molar-refractivity contribution in [3.05, 3.63) is 40.1 Å². The van der Waals surface area contributed by atoms with Crippen molar-refractivity contribution < 1.29 is 9.18 Å². The molecule has 5 nitrogen and oxygen atoms in total. The molecule has 0 saturated heterocycles. The van der Waals surface area contributed by atoms with E-state index in [9.17, 15) is 9.18 Å². The molecule has 7 heteroatoms. The van der Waals surface area contributed by atoms with Crippen LogP contribution in [0.1, 0.15) is 22.3 Å². The fourth-order valence-corrected chi connectivity index (χ4v) is 1.99. The van der Waals surface area contributed by atoms with Crippen molar-refractivity contribution in [2.45, 2.75) is 13.5 Å². The predicted octanol–water partition coefficient (Wildman–Crippen LogP) is 1.87. The van der Waals surface area contributed by atoms with E-state index in [1.165, 1.54) is 12.3 Å². The van der Waals surface area contributed by atoms with Gasteiger partial charge in [-0.15, -0.1) is 11.3 Å². The van der Waals surface area contributed by atoms with Crippen LogP contribution in [0.2, 0.25) is 0 Å². The molecule has 94 valence electrons. The molecule has 0 atom stereocenters. The number of hydrazone groups is 1. The standard InChI is InChI=1S/C11H11FN4OS/c1-2-16-9(5-6-14-16)11(17)15-13-7-8-3-4-10(12)18-8/h3-7H,2H2,1H3,(H,15,17)/b13-7-. The van der Waals surface area contributed by atoms with E-state index in [4.69, 9.17) is 0 Å². The van der Waals surface area contributed by atoms with Gasteiger partial charge in [-0.05, 0) is 25.1 Å². The topological polar surface area (TPSA) is 59.3 Å². The highest BCUT2D eigenvalue weighted by Gasteiger charge is 2.09. The molecule has 2 aromatic rings. The molecule has 0 aliphatic heterocycles. The minimum atomic E-state index is -0.345. The van der Waals surface area contributed by atoms with Gasteiger partial charge in [0.25, 0.3) is 5.91 Å². The number of carbonyl (C=O) groups is 1. The molecule has 0 aromatic carbocycles. The van der Waals surface area contributed by atoms with Crippen LogP contribution in [0.5, 0.6) is 0 Å². The van der Waals surface area contributed by atoms with Crippen molar-refractivity contribution >= 4 is 23.5 Å². The van der Waals surface area contributed by atoms with E-state index in [2.05, 4.69) is 15.6 Å². The molecule has 18 heavy (non-hydrogen) atoms. The number of halogens is 1. The molecular weight excluding hydrogens is 255 g/mol. The van der Waals surface area contributed by atoms with Gasteiger partial charge in [0.1, 0.15) is 5.69 Å². The average molecular weight is 266 g/mol. The summed E-state index contributed by atoms with van der Waals surface area (Å²) in [5, 5.41) is 7.46. The minimum absolute atomic E-state index is 0.285. The molecular formula is C11H11FN4OS. The Hall–Kier alpha value is -2.02. The molecule has 0 aliphatic rings. The van der Waals surface area contributed by atoms with Gasteiger partial charge >= 0.3 is 0 Å². The van der Waals surface area contributed by atoms with Crippen LogP contribution in [0.15, 0.2) is 29.5 Å². The van der Waals surface area contributed by atoms with Gasteiger partial charge in [-0.1, -0.05) is 0 Å². The summed E-state index contributed by atoms with van der Waals surface area (Å²) in [6.45, 7) is 2.50. The van der Waals surface area contributed by atoms with E-state index in [0.717, 1.165) is 11.3 Å². The molecule has 2 aromatic heterocycles. The Labute approximate surface area is 107 Å². The number of carbonyl (C=O) groups excluding carboxylic acids is 1. The number of rotatable bonds is 4. The predicted molar refractivity (Wildman–Crippen MR) is 67.2 cm³/mol. The first-order valence-corrected chi connectivity index (χ1v) is 6.13. The smallest absolute Gasteiger partial charge is 0.266 e. The lowest BCUT2D eigenvalue weighted by Crippen LogP contribution is -2.21. The maximum Gasteiger partial charge on any atom is 0.289 e. The Morgan fingerprint density at radius 3 is 3.11 bits per heavy atom. The van der Waals surface area contributed by atoms with Gasteiger partial charge in [0.2, 0.25) is 0 Å². The Morgan fingerprint density at radius 2 is 2.44 bits per heavy atom. The van der Waals surface area contributed by atoms with E-state index in [1.807, 2.05) is 6.92 Å². The number of amides is 1. The number of hydrogen-bond donors (Lipinski definition) is 1. The van der Waals surface area contributed by atoms with Crippen molar-refractivity contribution in [2.75, 3.05) is 0 Å². The van der Waals surface area contributed by atoms with Crippen LogP contribution >= 0.6 is 11.3 Å². The van der Waals surface area contributed by atoms with E-state index in [1.54, 1.807) is 23.0 Å². The highest BCUT2D eigenvalue weighted by molar-refractivity contribution is 7.12. The molecule has 0 unspecified atom stereocenters. The molecule has 0 saturated carbocycles.